The Morgan fingerprint density at radius 3 is 1.77 bits per heavy atom. The largest absolute Gasteiger partial charge is 0.394 e. The van der Waals surface area contributed by atoms with Crippen LogP contribution in [0.25, 0.3) is 22.6 Å². The summed E-state index contributed by atoms with van der Waals surface area (Å²) in [6.07, 6.45) is 11.2. The molecular weight excluding hydrogens is 758 g/mol. The minimum Gasteiger partial charge on any atom is -0.394 e. The van der Waals surface area contributed by atoms with Gasteiger partial charge in [0.05, 0.1) is 85.9 Å². The molecule has 2 aromatic heterocycles. The van der Waals surface area contributed by atoms with Crippen LogP contribution in [0.15, 0.2) is 33.9 Å². The number of fused-ring (bicyclic) bond motifs is 1. The first-order valence-electron chi connectivity index (χ1n) is 20.7. The highest BCUT2D eigenvalue weighted by Gasteiger charge is 2.24. The summed E-state index contributed by atoms with van der Waals surface area (Å²) in [5.74, 6) is 1.36. The summed E-state index contributed by atoms with van der Waals surface area (Å²) in [6, 6.07) is 8.02. The zero-order valence-electron chi connectivity index (χ0n) is 33.8. The van der Waals surface area contributed by atoms with Crippen LogP contribution in [0.2, 0.25) is 0 Å². The molecule has 1 unspecified atom stereocenters. The number of aromatic amines is 1. The number of rotatable bonds is 28. The van der Waals surface area contributed by atoms with Gasteiger partial charge >= 0.3 is 5.69 Å². The van der Waals surface area contributed by atoms with Gasteiger partial charge in [0, 0.05) is 32.3 Å². The Labute approximate surface area is 342 Å². The van der Waals surface area contributed by atoms with Gasteiger partial charge in [-0.2, -0.15) is 0 Å². The number of methoxy groups -OCH3 is 1. The Hall–Kier alpha value is -2.70. The molecule has 2 fully saturated rings. The molecule has 2 aliphatic rings. The quantitative estimate of drug-likeness (QED) is 0.0703. The number of H-pyrrole nitrogens is 1. The second-order valence-electron chi connectivity index (χ2n) is 14.8. The zero-order chi connectivity index (χ0) is 39.2. The van der Waals surface area contributed by atoms with Gasteiger partial charge in [0.15, 0.2) is 5.52 Å². The first kappa shape index (κ1) is 47.0. The standard InChI is InChI=1S/C41H65N5O10.ClH/c1-50-31-36(56-27-26-55-25-24-54-23-22-53-21-20-52-19-18-51-17-16-47)42-28-32-12-14-35(15-13-32)38-43-37-39(44-38)45(29-33-8-4-2-5-9-33)41(49)46(40(37)48)30-34-10-6-3-7-11-34;/h12-15,33-34,36,42,47H,2-11,16-31H2,1H3,(H,43,44);1H. The number of hydrogen-bond donors (Lipinski definition) is 3. The zero-order valence-corrected chi connectivity index (χ0v) is 34.6. The van der Waals surface area contributed by atoms with Crippen molar-refractivity contribution in [3.8, 4) is 11.4 Å². The van der Waals surface area contributed by atoms with E-state index in [4.69, 9.17) is 43.2 Å². The number of imidazole rings is 1. The van der Waals surface area contributed by atoms with Gasteiger partial charge < -0.3 is 43.2 Å². The summed E-state index contributed by atoms with van der Waals surface area (Å²) in [6.45, 7) is 6.94. The third kappa shape index (κ3) is 15.8. The smallest absolute Gasteiger partial charge is 0.332 e. The molecule has 0 aliphatic heterocycles. The highest BCUT2D eigenvalue weighted by molar-refractivity contribution is 5.85. The van der Waals surface area contributed by atoms with Crippen molar-refractivity contribution in [3.63, 3.8) is 0 Å². The fourth-order valence-corrected chi connectivity index (χ4v) is 7.51. The Morgan fingerprint density at radius 1 is 0.737 bits per heavy atom. The van der Waals surface area contributed by atoms with Crippen molar-refractivity contribution in [2.75, 3.05) is 93.0 Å². The molecule has 15 nitrogen and oxygen atoms in total. The number of aromatic nitrogens is 4. The summed E-state index contributed by atoms with van der Waals surface area (Å²) >= 11 is 0. The number of aliphatic hydroxyl groups excluding tert-OH is 1. The summed E-state index contributed by atoms with van der Waals surface area (Å²) in [5, 5.41) is 12.1. The molecule has 2 aliphatic carbocycles. The number of halogens is 1. The van der Waals surface area contributed by atoms with E-state index in [1.165, 1.54) is 30.3 Å². The van der Waals surface area contributed by atoms with E-state index in [1.807, 2.05) is 24.3 Å². The molecule has 322 valence electrons. The van der Waals surface area contributed by atoms with Crippen molar-refractivity contribution in [3.05, 3.63) is 50.7 Å². The summed E-state index contributed by atoms with van der Waals surface area (Å²) in [5.41, 5.74) is 2.27. The summed E-state index contributed by atoms with van der Waals surface area (Å²) < 4.78 is 41.7. The first-order chi connectivity index (χ1) is 27.6. The predicted molar refractivity (Wildman–Crippen MR) is 220 cm³/mol. The maximum absolute atomic E-state index is 14.0. The van der Waals surface area contributed by atoms with Crippen molar-refractivity contribution in [2.24, 2.45) is 11.8 Å². The van der Waals surface area contributed by atoms with Gasteiger partial charge in [0.1, 0.15) is 17.7 Å². The summed E-state index contributed by atoms with van der Waals surface area (Å²) in [4.78, 5) is 36.0. The molecule has 0 amide bonds. The van der Waals surface area contributed by atoms with Crippen LogP contribution in [-0.2, 0) is 52.8 Å². The lowest BCUT2D eigenvalue weighted by atomic mass is 9.89. The average Bonchev–Trinajstić information content (AvgIpc) is 3.68. The molecule has 5 rings (SSSR count). The van der Waals surface area contributed by atoms with Crippen LogP contribution < -0.4 is 16.6 Å². The second kappa shape index (κ2) is 27.1. The average molecular weight is 824 g/mol. The molecular formula is C41H66ClN5O10. The number of hydrogen-bond acceptors (Lipinski definition) is 12. The van der Waals surface area contributed by atoms with E-state index in [1.54, 1.807) is 11.7 Å². The highest BCUT2D eigenvalue weighted by Crippen LogP contribution is 2.27. The maximum Gasteiger partial charge on any atom is 0.332 e. The van der Waals surface area contributed by atoms with Crippen LogP contribution >= 0.6 is 12.4 Å². The lowest BCUT2D eigenvalue weighted by Gasteiger charge is -2.24. The van der Waals surface area contributed by atoms with E-state index in [9.17, 15) is 9.59 Å². The van der Waals surface area contributed by atoms with E-state index in [0.717, 1.165) is 49.7 Å². The van der Waals surface area contributed by atoms with E-state index in [-0.39, 0.29) is 36.5 Å². The highest BCUT2D eigenvalue weighted by atomic mass is 35.5. The minimum absolute atomic E-state index is 0. The van der Waals surface area contributed by atoms with E-state index in [2.05, 4.69) is 10.3 Å². The minimum atomic E-state index is -0.319. The monoisotopic (exact) mass is 823 g/mol. The lowest BCUT2D eigenvalue weighted by Crippen LogP contribution is -2.42. The fraction of sp³-hybridized carbons (Fsp3) is 0.732. The third-order valence-corrected chi connectivity index (χ3v) is 10.5. The molecule has 3 aromatic rings. The molecule has 0 spiro atoms. The van der Waals surface area contributed by atoms with Gasteiger partial charge in [0.25, 0.3) is 5.56 Å². The number of nitrogens with one attached hydrogen (secondary N) is 2. The van der Waals surface area contributed by atoms with Gasteiger partial charge in [-0.3, -0.25) is 19.2 Å². The van der Waals surface area contributed by atoms with Crippen LogP contribution in [0.5, 0.6) is 0 Å². The Bertz CT molecular complexity index is 1640. The van der Waals surface area contributed by atoms with Crippen LogP contribution in [0, 0.1) is 11.8 Å². The van der Waals surface area contributed by atoms with Crippen molar-refractivity contribution in [2.45, 2.75) is 90.1 Å². The molecule has 0 bridgehead atoms. The van der Waals surface area contributed by atoms with E-state index >= 15 is 0 Å². The molecule has 57 heavy (non-hydrogen) atoms. The third-order valence-electron chi connectivity index (χ3n) is 10.5. The maximum atomic E-state index is 14.0. The molecule has 0 saturated heterocycles. The second-order valence-corrected chi connectivity index (χ2v) is 14.8. The molecule has 16 heteroatoms. The number of ether oxygens (including phenoxy) is 7. The van der Waals surface area contributed by atoms with Crippen LogP contribution in [0.4, 0.5) is 0 Å². The molecule has 2 heterocycles. The molecule has 0 radical (unpaired) electrons. The lowest BCUT2D eigenvalue weighted by molar-refractivity contribution is -0.0524. The molecule has 1 atom stereocenters. The Balaban J connectivity index is 0.00000720. The van der Waals surface area contributed by atoms with Gasteiger partial charge in [-0.1, -0.05) is 62.8 Å². The van der Waals surface area contributed by atoms with Gasteiger partial charge in [-0.15, -0.1) is 12.4 Å². The Morgan fingerprint density at radius 2 is 1.25 bits per heavy atom. The predicted octanol–water partition coefficient (Wildman–Crippen LogP) is 4.29. The van der Waals surface area contributed by atoms with Crippen molar-refractivity contribution < 1.29 is 38.3 Å². The number of nitrogens with zero attached hydrogens (tertiary/aromatic N) is 3. The fourth-order valence-electron chi connectivity index (χ4n) is 7.51. The number of benzene rings is 1. The first-order valence-corrected chi connectivity index (χ1v) is 20.7. The van der Waals surface area contributed by atoms with Crippen molar-refractivity contribution in [1.29, 1.82) is 0 Å². The van der Waals surface area contributed by atoms with Crippen LogP contribution in [0.1, 0.15) is 69.8 Å². The number of aliphatic hydroxyl groups is 1. The molecule has 3 N–H and O–H groups in total. The molecule has 2 saturated carbocycles. The van der Waals surface area contributed by atoms with Crippen molar-refractivity contribution in [1.82, 2.24) is 24.4 Å². The normalized spacial score (nSPS) is 16.0. The van der Waals surface area contributed by atoms with Crippen LogP contribution in [-0.4, -0.2) is 123 Å². The SMILES string of the molecule is COCC(NCc1ccc(-c2nc3c(=O)n(CC4CCCCC4)c(=O)n(CC4CCCCC4)c3[nH]2)cc1)OCCOCCOCCOCCOCCOCCO.Cl. The van der Waals surface area contributed by atoms with Gasteiger partial charge in [-0.05, 0) is 43.1 Å². The topological polar surface area (TPSA) is 170 Å². The van der Waals surface area contributed by atoms with E-state index < -0.39 is 0 Å². The van der Waals surface area contributed by atoms with Crippen molar-refractivity contribution >= 4 is 23.6 Å². The summed E-state index contributed by atoms with van der Waals surface area (Å²) in [7, 11) is 1.64. The van der Waals surface area contributed by atoms with Gasteiger partial charge in [0.2, 0.25) is 0 Å². The van der Waals surface area contributed by atoms with Crippen LogP contribution in [0.3, 0.4) is 0 Å². The van der Waals surface area contributed by atoms with Gasteiger partial charge in [-0.25, -0.2) is 9.78 Å². The molecule has 1 aromatic carbocycles. The van der Waals surface area contributed by atoms with E-state index in [0.29, 0.717) is 128 Å². The Kier molecular flexibility index (Phi) is 22.4.